The maximum atomic E-state index is 5.82. The molecule has 0 saturated carbocycles. The number of nitrogens with two attached hydrogens (primary N) is 1. The van der Waals surface area contributed by atoms with Crippen molar-refractivity contribution in [2.24, 2.45) is 5.92 Å². The number of methoxy groups -OCH3 is 1. The smallest absolute Gasteiger partial charge is 0.182 e. The summed E-state index contributed by atoms with van der Waals surface area (Å²) in [4.78, 5) is 0. The SMILES string of the molecule is COc1cc(-c2nnnn2C(C)C(C)C)ccc1N. The van der Waals surface area contributed by atoms with Gasteiger partial charge in [0.05, 0.1) is 18.8 Å². The van der Waals surface area contributed by atoms with E-state index in [4.69, 9.17) is 10.5 Å². The number of tetrazole rings is 1. The molecular formula is C13H19N5O. The lowest BCUT2D eigenvalue weighted by Gasteiger charge is -2.17. The molecule has 0 aliphatic rings. The van der Waals surface area contributed by atoms with Crippen molar-refractivity contribution in [1.29, 1.82) is 0 Å². The molecule has 1 heterocycles. The monoisotopic (exact) mass is 261 g/mol. The predicted molar refractivity (Wildman–Crippen MR) is 73.8 cm³/mol. The number of nitrogen functional groups attached to an aromatic ring is 1. The molecule has 0 spiro atoms. The third-order valence-electron chi connectivity index (χ3n) is 3.34. The highest BCUT2D eigenvalue weighted by Crippen LogP contribution is 2.29. The molecule has 0 fully saturated rings. The molecule has 0 aliphatic heterocycles. The average molecular weight is 261 g/mol. The Hall–Kier alpha value is -2.11. The van der Waals surface area contributed by atoms with Gasteiger partial charge in [-0.15, -0.1) is 5.10 Å². The maximum absolute atomic E-state index is 5.82. The summed E-state index contributed by atoms with van der Waals surface area (Å²) in [7, 11) is 1.59. The van der Waals surface area contributed by atoms with Gasteiger partial charge >= 0.3 is 0 Å². The van der Waals surface area contributed by atoms with Crippen molar-refractivity contribution < 1.29 is 4.74 Å². The van der Waals surface area contributed by atoms with Gasteiger partial charge < -0.3 is 10.5 Å². The molecule has 102 valence electrons. The number of aromatic nitrogens is 4. The van der Waals surface area contributed by atoms with Crippen LogP contribution in [0, 0.1) is 5.92 Å². The lowest BCUT2D eigenvalue weighted by Crippen LogP contribution is -2.14. The normalized spacial score (nSPS) is 12.7. The van der Waals surface area contributed by atoms with Gasteiger partial charge in [-0.05, 0) is 41.5 Å². The van der Waals surface area contributed by atoms with Crippen LogP contribution in [0.4, 0.5) is 5.69 Å². The van der Waals surface area contributed by atoms with E-state index in [-0.39, 0.29) is 6.04 Å². The third-order valence-corrected chi connectivity index (χ3v) is 3.34. The van der Waals surface area contributed by atoms with Crippen LogP contribution in [0.1, 0.15) is 26.8 Å². The first-order valence-corrected chi connectivity index (χ1v) is 6.26. The standard InChI is InChI=1S/C13H19N5O/c1-8(2)9(3)18-13(15-16-17-18)10-5-6-11(14)12(7-10)19-4/h5-9H,14H2,1-4H3. The Morgan fingerprint density at radius 2 is 2.00 bits per heavy atom. The summed E-state index contributed by atoms with van der Waals surface area (Å²) in [5.74, 6) is 1.79. The second-order valence-electron chi connectivity index (χ2n) is 4.89. The maximum Gasteiger partial charge on any atom is 0.182 e. The second-order valence-corrected chi connectivity index (χ2v) is 4.89. The van der Waals surface area contributed by atoms with Gasteiger partial charge in [0.15, 0.2) is 5.82 Å². The minimum absolute atomic E-state index is 0.216. The molecule has 6 heteroatoms. The highest BCUT2D eigenvalue weighted by atomic mass is 16.5. The van der Waals surface area contributed by atoms with E-state index < -0.39 is 0 Å². The second kappa shape index (κ2) is 5.26. The zero-order valence-electron chi connectivity index (χ0n) is 11.7. The Kier molecular flexibility index (Phi) is 3.69. The first-order chi connectivity index (χ1) is 9.04. The fourth-order valence-corrected chi connectivity index (χ4v) is 1.79. The molecule has 2 rings (SSSR count). The van der Waals surface area contributed by atoms with E-state index in [0.717, 1.165) is 11.4 Å². The van der Waals surface area contributed by atoms with Crippen molar-refractivity contribution in [2.75, 3.05) is 12.8 Å². The van der Waals surface area contributed by atoms with Crippen molar-refractivity contribution in [3.63, 3.8) is 0 Å². The Bertz CT molecular complexity index is 564. The van der Waals surface area contributed by atoms with Gasteiger partial charge in [-0.2, -0.15) is 0 Å². The summed E-state index contributed by atoms with van der Waals surface area (Å²) in [6, 6.07) is 5.76. The molecule has 1 aromatic heterocycles. The molecule has 1 atom stereocenters. The Morgan fingerprint density at radius 3 is 2.63 bits per heavy atom. The van der Waals surface area contributed by atoms with E-state index in [1.807, 2.05) is 16.8 Å². The Morgan fingerprint density at radius 1 is 1.26 bits per heavy atom. The minimum Gasteiger partial charge on any atom is -0.495 e. The van der Waals surface area contributed by atoms with Crippen molar-refractivity contribution in [3.8, 4) is 17.1 Å². The van der Waals surface area contributed by atoms with Crippen LogP contribution in [0.15, 0.2) is 18.2 Å². The van der Waals surface area contributed by atoms with E-state index in [0.29, 0.717) is 17.4 Å². The van der Waals surface area contributed by atoms with Crippen molar-refractivity contribution in [3.05, 3.63) is 18.2 Å². The largest absolute Gasteiger partial charge is 0.495 e. The summed E-state index contributed by atoms with van der Waals surface area (Å²) in [5, 5.41) is 11.9. The molecule has 1 unspecified atom stereocenters. The van der Waals surface area contributed by atoms with Crippen LogP contribution in [-0.2, 0) is 0 Å². The van der Waals surface area contributed by atoms with Gasteiger partial charge in [0.2, 0.25) is 0 Å². The van der Waals surface area contributed by atoms with Crippen LogP contribution < -0.4 is 10.5 Å². The van der Waals surface area contributed by atoms with Crippen LogP contribution in [0.3, 0.4) is 0 Å². The van der Waals surface area contributed by atoms with Crippen LogP contribution in [0.25, 0.3) is 11.4 Å². The van der Waals surface area contributed by atoms with Gasteiger partial charge in [-0.3, -0.25) is 0 Å². The molecular weight excluding hydrogens is 242 g/mol. The summed E-state index contributed by atoms with van der Waals surface area (Å²) in [6.45, 7) is 6.37. The lowest BCUT2D eigenvalue weighted by atomic mass is 10.1. The summed E-state index contributed by atoms with van der Waals surface area (Å²) in [6.07, 6.45) is 0. The molecule has 0 radical (unpaired) electrons. The first kappa shape index (κ1) is 13.3. The van der Waals surface area contributed by atoms with Crippen LogP contribution in [0.2, 0.25) is 0 Å². The third kappa shape index (κ3) is 2.52. The molecule has 0 saturated heterocycles. The van der Waals surface area contributed by atoms with Gasteiger partial charge in [-0.25, -0.2) is 4.68 Å². The minimum atomic E-state index is 0.216. The van der Waals surface area contributed by atoms with E-state index in [1.54, 1.807) is 13.2 Å². The first-order valence-electron chi connectivity index (χ1n) is 6.26. The average Bonchev–Trinajstić information content (AvgIpc) is 2.87. The number of hydrogen-bond acceptors (Lipinski definition) is 5. The number of rotatable bonds is 4. The molecule has 0 aliphatic carbocycles. The van der Waals surface area contributed by atoms with Gasteiger partial charge in [-0.1, -0.05) is 13.8 Å². The molecule has 19 heavy (non-hydrogen) atoms. The highest BCUT2D eigenvalue weighted by Gasteiger charge is 2.18. The van der Waals surface area contributed by atoms with Crippen LogP contribution in [0.5, 0.6) is 5.75 Å². The fraction of sp³-hybridized carbons (Fsp3) is 0.462. The van der Waals surface area contributed by atoms with Crippen LogP contribution >= 0.6 is 0 Å². The zero-order valence-corrected chi connectivity index (χ0v) is 11.7. The van der Waals surface area contributed by atoms with Gasteiger partial charge in [0.25, 0.3) is 0 Å². The van der Waals surface area contributed by atoms with Crippen molar-refractivity contribution in [1.82, 2.24) is 20.2 Å². The fourth-order valence-electron chi connectivity index (χ4n) is 1.79. The summed E-state index contributed by atoms with van der Waals surface area (Å²) in [5.41, 5.74) is 7.31. The molecule has 0 bridgehead atoms. The van der Waals surface area contributed by atoms with E-state index >= 15 is 0 Å². The Balaban J connectivity index is 2.45. The van der Waals surface area contributed by atoms with Gasteiger partial charge in [0.1, 0.15) is 5.75 Å². The van der Waals surface area contributed by atoms with Crippen molar-refractivity contribution >= 4 is 5.69 Å². The molecule has 6 nitrogen and oxygen atoms in total. The predicted octanol–water partition coefficient (Wildman–Crippen LogP) is 2.15. The van der Waals surface area contributed by atoms with Crippen molar-refractivity contribution in [2.45, 2.75) is 26.8 Å². The number of benzene rings is 1. The van der Waals surface area contributed by atoms with Crippen LogP contribution in [-0.4, -0.2) is 27.3 Å². The zero-order chi connectivity index (χ0) is 14.0. The van der Waals surface area contributed by atoms with E-state index in [2.05, 4.69) is 36.3 Å². The lowest BCUT2D eigenvalue weighted by molar-refractivity contribution is 0.371. The van der Waals surface area contributed by atoms with E-state index in [1.165, 1.54) is 0 Å². The molecule has 2 N–H and O–H groups in total. The topological polar surface area (TPSA) is 78.9 Å². The number of nitrogens with zero attached hydrogens (tertiary/aromatic N) is 4. The number of anilines is 1. The highest BCUT2D eigenvalue weighted by molar-refractivity contribution is 5.65. The molecule has 2 aromatic rings. The Labute approximate surface area is 112 Å². The van der Waals surface area contributed by atoms with E-state index in [9.17, 15) is 0 Å². The summed E-state index contributed by atoms with van der Waals surface area (Å²) >= 11 is 0. The quantitative estimate of drug-likeness (QED) is 0.853. The number of ether oxygens (including phenoxy) is 1. The molecule has 1 aromatic carbocycles. The summed E-state index contributed by atoms with van der Waals surface area (Å²) < 4.78 is 7.06. The van der Waals surface area contributed by atoms with Gasteiger partial charge in [0, 0.05) is 5.56 Å². The molecule has 0 amide bonds. The number of hydrogen-bond donors (Lipinski definition) is 1.